The zero-order valence-corrected chi connectivity index (χ0v) is 18.0. The zero-order valence-electron chi connectivity index (χ0n) is 18.0. The van der Waals surface area contributed by atoms with Crippen LogP contribution in [-0.4, -0.2) is 30.9 Å². The maximum Gasteiger partial charge on any atom is 0.275 e. The topological polar surface area (TPSA) is 74.8 Å². The predicted octanol–water partition coefficient (Wildman–Crippen LogP) is 2.64. The van der Waals surface area contributed by atoms with Crippen LogP contribution in [-0.2, 0) is 9.59 Å². The Kier molecular flexibility index (Phi) is 8.97. The number of hydrogen-bond donors (Lipinski definition) is 3. The largest absolute Gasteiger partial charge is 0.352 e. The van der Waals surface area contributed by atoms with Gasteiger partial charge in [0.25, 0.3) is 5.91 Å². The Balaban J connectivity index is 1.86. The van der Waals surface area contributed by atoms with Crippen molar-refractivity contribution in [2.24, 2.45) is 5.92 Å². The highest BCUT2D eigenvalue weighted by atomic mass is 16.2. The molecular weight excluding hydrogens is 350 g/mol. The summed E-state index contributed by atoms with van der Waals surface area (Å²) < 4.78 is 0. The molecule has 5 nitrogen and oxygen atoms in total. The summed E-state index contributed by atoms with van der Waals surface area (Å²) in [6.07, 6.45) is 6.69. The fourth-order valence-electron chi connectivity index (χ4n) is 4.08. The molecule has 4 N–H and O–H groups in total. The van der Waals surface area contributed by atoms with Crippen LogP contribution in [0.4, 0.5) is 0 Å². The summed E-state index contributed by atoms with van der Waals surface area (Å²) in [6.45, 7) is 8.53. The predicted molar refractivity (Wildman–Crippen MR) is 113 cm³/mol. The molecule has 0 unspecified atom stereocenters. The summed E-state index contributed by atoms with van der Waals surface area (Å²) in [4.78, 5) is 23.8. The van der Waals surface area contributed by atoms with E-state index in [1.165, 1.54) is 43.2 Å². The van der Waals surface area contributed by atoms with Crippen molar-refractivity contribution in [3.05, 3.63) is 35.4 Å². The second kappa shape index (κ2) is 11.2. The number of carbonyl (C=O) groups is 2. The number of rotatable bonds is 9. The van der Waals surface area contributed by atoms with E-state index in [1.54, 1.807) is 0 Å². The number of benzene rings is 1. The van der Waals surface area contributed by atoms with Crippen molar-refractivity contribution < 1.29 is 14.9 Å². The molecule has 0 spiro atoms. The van der Waals surface area contributed by atoms with E-state index in [2.05, 4.69) is 54.1 Å². The van der Waals surface area contributed by atoms with E-state index in [1.807, 2.05) is 13.8 Å². The lowest BCUT2D eigenvalue weighted by Gasteiger charge is -2.23. The zero-order chi connectivity index (χ0) is 20.5. The first-order chi connectivity index (χ1) is 13.4. The Morgan fingerprint density at radius 2 is 1.64 bits per heavy atom. The van der Waals surface area contributed by atoms with Gasteiger partial charge in [0.2, 0.25) is 5.91 Å². The molecule has 1 atom stereocenters. The number of quaternary nitrogens is 1. The Morgan fingerprint density at radius 3 is 2.21 bits per heavy atom. The van der Waals surface area contributed by atoms with Crippen LogP contribution in [0.3, 0.4) is 0 Å². The molecular formula is C23H38N3O2+. The van der Waals surface area contributed by atoms with Crippen molar-refractivity contribution in [1.29, 1.82) is 0 Å². The Labute approximate surface area is 170 Å². The van der Waals surface area contributed by atoms with Crippen molar-refractivity contribution in [2.75, 3.05) is 13.1 Å². The van der Waals surface area contributed by atoms with E-state index in [9.17, 15) is 9.59 Å². The maximum absolute atomic E-state index is 12.1. The lowest BCUT2D eigenvalue weighted by molar-refractivity contribution is -0.692. The minimum atomic E-state index is -0.151. The SMILES string of the molecule is CC(C)NC(=O)CNC(=O)C[NH2+][C@H](c1ccc(C2CCCCC2)cc1)C(C)C. The highest BCUT2D eigenvalue weighted by Gasteiger charge is 2.22. The van der Waals surface area contributed by atoms with Crippen LogP contribution in [0.2, 0.25) is 0 Å². The van der Waals surface area contributed by atoms with Gasteiger partial charge in [-0.3, -0.25) is 9.59 Å². The average molecular weight is 389 g/mol. The minimum absolute atomic E-state index is 0.0350. The van der Waals surface area contributed by atoms with Gasteiger partial charge < -0.3 is 16.0 Å². The van der Waals surface area contributed by atoms with Crippen LogP contribution in [0.25, 0.3) is 0 Å². The van der Waals surface area contributed by atoms with Gasteiger partial charge in [0.1, 0.15) is 6.04 Å². The van der Waals surface area contributed by atoms with Crippen molar-refractivity contribution in [3.8, 4) is 0 Å². The third-order valence-corrected chi connectivity index (χ3v) is 5.57. The molecule has 0 heterocycles. The van der Waals surface area contributed by atoms with Gasteiger partial charge in [0, 0.05) is 17.5 Å². The van der Waals surface area contributed by atoms with E-state index in [4.69, 9.17) is 0 Å². The molecule has 0 bridgehead atoms. The van der Waals surface area contributed by atoms with Crippen molar-refractivity contribution >= 4 is 11.8 Å². The molecule has 1 fully saturated rings. The molecule has 1 aliphatic rings. The third-order valence-electron chi connectivity index (χ3n) is 5.57. The monoisotopic (exact) mass is 388 g/mol. The second-order valence-electron chi connectivity index (χ2n) is 8.71. The number of amides is 2. The molecule has 1 aromatic carbocycles. The molecule has 2 amide bonds. The summed E-state index contributed by atoms with van der Waals surface area (Å²) in [5.41, 5.74) is 2.72. The molecule has 156 valence electrons. The van der Waals surface area contributed by atoms with Gasteiger partial charge in [0.15, 0.2) is 6.54 Å². The number of carbonyl (C=O) groups excluding carboxylic acids is 2. The van der Waals surface area contributed by atoms with Crippen LogP contribution < -0.4 is 16.0 Å². The van der Waals surface area contributed by atoms with Crippen molar-refractivity contribution in [1.82, 2.24) is 10.6 Å². The van der Waals surface area contributed by atoms with Crippen LogP contribution in [0.1, 0.15) is 82.9 Å². The number of hydrogen-bond acceptors (Lipinski definition) is 2. The molecule has 0 saturated heterocycles. The molecule has 0 aromatic heterocycles. The van der Waals surface area contributed by atoms with Gasteiger partial charge in [-0.2, -0.15) is 0 Å². The summed E-state index contributed by atoms with van der Waals surface area (Å²) >= 11 is 0. The highest BCUT2D eigenvalue weighted by molar-refractivity contribution is 5.85. The number of nitrogens with two attached hydrogens (primary N) is 1. The van der Waals surface area contributed by atoms with Gasteiger partial charge >= 0.3 is 0 Å². The molecule has 1 aromatic rings. The fourth-order valence-corrected chi connectivity index (χ4v) is 4.08. The fraction of sp³-hybridized carbons (Fsp3) is 0.652. The molecule has 28 heavy (non-hydrogen) atoms. The molecule has 0 aliphatic heterocycles. The molecule has 2 rings (SSSR count). The van der Waals surface area contributed by atoms with Gasteiger partial charge in [0.05, 0.1) is 6.54 Å². The van der Waals surface area contributed by atoms with Crippen LogP contribution in [0.15, 0.2) is 24.3 Å². The summed E-state index contributed by atoms with van der Waals surface area (Å²) in [5, 5.41) is 7.56. The van der Waals surface area contributed by atoms with Crippen molar-refractivity contribution in [2.45, 2.75) is 77.8 Å². The standard InChI is InChI=1S/C23H37N3O2/c1-16(2)23(25-14-21(27)24-15-22(28)26-17(3)4)20-12-10-19(11-13-20)18-8-6-5-7-9-18/h10-13,16-18,23,25H,5-9,14-15H2,1-4H3,(H,24,27)(H,26,28)/p+1/t23-/m0/s1. The quantitative estimate of drug-likeness (QED) is 0.608. The lowest BCUT2D eigenvalue weighted by Crippen LogP contribution is -2.88. The summed E-state index contributed by atoms with van der Waals surface area (Å²) in [7, 11) is 0. The van der Waals surface area contributed by atoms with Crippen LogP contribution in [0.5, 0.6) is 0 Å². The molecule has 5 heteroatoms. The van der Waals surface area contributed by atoms with Crippen LogP contribution in [0, 0.1) is 5.92 Å². The Bertz CT molecular complexity index is 619. The minimum Gasteiger partial charge on any atom is -0.352 e. The van der Waals surface area contributed by atoms with Gasteiger partial charge in [-0.25, -0.2) is 0 Å². The van der Waals surface area contributed by atoms with Crippen LogP contribution >= 0.6 is 0 Å². The molecule has 0 radical (unpaired) electrons. The summed E-state index contributed by atoms with van der Waals surface area (Å²) in [6, 6.07) is 9.35. The molecule has 1 aliphatic carbocycles. The third kappa shape index (κ3) is 7.27. The van der Waals surface area contributed by atoms with Gasteiger partial charge in [-0.05, 0) is 38.2 Å². The van der Waals surface area contributed by atoms with Gasteiger partial charge in [-0.15, -0.1) is 0 Å². The number of nitrogens with one attached hydrogen (secondary N) is 2. The molecule has 1 saturated carbocycles. The van der Waals surface area contributed by atoms with E-state index >= 15 is 0 Å². The first kappa shape index (κ1) is 22.4. The average Bonchev–Trinajstić information content (AvgIpc) is 2.67. The summed E-state index contributed by atoms with van der Waals surface area (Å²) in [5.74, 6) is 0.870. The highest BCUT2D eigenvalue weighted by Crippen LogP contribution is 2.33. The lowest BCUT2D eigenvalue weighted by atomic mass is 9.83. The first-order valence-electron chi connectivity index (χ1n) is 10.9. The Morgan fingerprint density at radius 1 is 1.00 bits per heavy atom. The van der Waals surface area contributed by atoms with E-state index in [-0.39, 0.29) is 30.4 Å². The second-order valence-corrected chi connectivity index (χ2v) is 8.71. The first-order valence-corrected chi connectivity index (χ1v) is 10.9. The smallest absolute Gasteiger partial charge is 0.275 e. The van der Waals surface area contributed by atoms with E-state index < -0.39 is 0 Å². The van der Waals surface area contributed by atoms with Crippen molar-refractivity contribution in [3.63, 3.8) is 0 Å². The normalized spacial score (nSPS) is 16.2. The maximum atomic E-state index is 12.1. The van der Waals surface area contributed by atoms with Gasteiger partial charge in [-0.1, -0.05) is 57.4 Å². The van der Waals surface area contributed by atoms with E-state index in [0.29, 0.717) is 18.4 Å². The Hall–Kier alpha value is -1.88. The van der Waals surface area contributed by atoms with E-state index in [0.717, 1.165) is 0 Å².